The van der Waals surface area contributed by atoms with Gasteiger partial charge in [-0.2, -0.15) is 0 Å². The Morgan fingerprint density at radius 3 is 2.63 bits per heavy atom. The number of pyridine rings is 1. The van der Waals surface area contributed by atoms with E-state index in [1.807, 2.05) is 6.20 Å². The Bertz CT molecular complexity index is 768. The third kappa shape index (κ3) is 5.80. The van der Waals surface area contributed by atoms with Crippen LogP contribution in [0.3, 0.4) is 0 Å². The molecule has 3 rings (SSSR count). The molecule has 0 unspecified atom stereocenters. The minimum absolute atomic E-state index is 0.841. The number of nitrogens with zero attached hydrogens (tertiary/aromatic N) is 2. The smallest absolute Gasteiger partial charge is 0.0708 e. The van der Waals surface area contributed by atoms with Crippen LogP contribution in [0.15, 0.2) is 60.8 Å². The predicted molar refractivity (Wildman–Crippen MR) is 115 cm³/mol. The molecule has 0 atom stereocenters. The highest BCUT2D eigenvalue weighted by atomic mass is 15.1. The minimum atomic E-state index is 0.841. The van der Waals surface area contributed by atoms with Crippen LogP contribution in [0.25, 0.3) is 5.57 Å². The first-order valence-corrected chi connectivity index (χ1v) is 10.1. The fraction of sp³-hybridized carbons (Fsp3) is 0.375. The zero-order valence-corrected chi connectivity index (χ0v) is 16.6. The zero-order chi connectivity index (χ0) is 18.9. The lowest BCUT2D eigenvalue weighted by molar-refractivity contribution is 0.377. The van der Waals surface area contributed by atoms with Crippen molar-refractivity contribution in [3.05, 3.63) is 83.3 Å². The molecule has 0 radical (unpaired) electrons. The summed E-state index contributed by atoms with van der Waals surface area (Å²) in [5.41, 5.74) is 5.92. The van der Waals surface area contributed by atoms with Crippen LogP contribution in [0.2, 0.25) is 0 Å². The third-order valence-electron chi connectivity index (χ3n) is 4.96. The molecule has 0 spiro atoms. The van der Waals surface area contributed by atoms with Gasteiger partial charge in [0, 0.05) is 30.8 Å². The monoisotopic (exact) mass is 361 g/mol. The summed E-state index contributed by atoms with van der Waals surface area (Å²) in [4.78, 5) is 7.47. The van der Waals surface area contributed by atoms with Crippen LogP contribution in [0.1, 0.15) is 42.3 Å². The highest BCUT2D eigenvalue weighted by molar-refractivity contribution is 5.78. The van der Waals surface area contributed by atoms with Crippen molar-refractivity contribution in [2.75, 3.05) is 26.2 Å². The van der Waals surface area contributed by atoms with E-state index >= 15 is 0 Å². The van der Waals surface area contributed by atoms with Crippen LogP contribution in [0.4, 0.5) is 0 Å². The number of likely N-dealkylation sites (tertiary alicyclic amines) is 1. The molecule has 1 aliphatic heterocycles. The second kappa shape index (κ2) is 10.1. The third-order valence-corrected chi connectivity index (χ3v) is 4.96. The topological polar surface area (TPSA) is 28.2 Å². The average molecular weight is 362 g/mol. The molecule has 0 aliphatic carbocycles. The van der Waals surface area contributed by atoms with Gasteiger partial charge < -0.3 is 5.32 Å². The van der Waals surface area contributed by atoms with Crippen molar-refractivity contribution < 1.29 is 0 Å². The summed E-state index contributed by atoms with van der Waals surface area (Å²) in [5.74, 6) is 0. The van der Waals surface area contributed by atoms with Crippen LogP contribution in [0.5, 0.6) is 0 Å². The molecule has 2 aromatic rings. The standard InChI is InChI=1S/C24H31N3/c1-3-25-16-7-9-22-8-6-10-24(26-22)23(15-19-27-17-4-5-18-27)21-13-11-20(2)12-14-21/h6-8,10-16,25H,3-5,9,17-19H2,1-2H3. The first kappa shape index (κ1) is 19.4. The molecule has 0 saturated carbocycles. The minimum Gasteiger partial charge on any atom is -0.391 e. The van der Waals surface area contributed by atoms with Crippen LogP contribution in [-0.4, -0.2) is 36.1 Å². The van der Waals surface area contributed by atoms with Crippen LogP contribution in [0, 0.1) is 6.92 Å². The van der Waals surface area contributed by atoms with E-state index in [4.69, 9.17) is 4.98 Å². The van der Waals surface area contributed by atoms with E-state index in [9.17, 15) is 0 Å². The molecule has 0 bridgehead atoms. The molecule has 1 aromatic heterocycles. The summed E-state index contributed by atoms with van der Waals surface area (Å²) in [6, 6.07) is 15.1. The van der Waals surface area contributed by atoms with E-state index in [0.717, 1.165) is 30.9 Å². The van der Waals surface area contributed by atoms with Crippen LogP contribution >= 0.6 is 0 Å². The second-order valence-electron chi connectivity index (χ2n) is 7.17. The van der Waals surface area contributed by atoms with Gasteiger partial charge in [0.2, 0.25) is 0 Å². The van der Waals surface area contributed by atoms with Crippen LogP contribution < -0.4 is 5.32 Å². The summed E-state index contributed by atoms with van der Waals surface area (Å²) in [6.07, 6.45) is 9.98. The zero-order valence-electron chi connectivity index (χ0n) is 16.6. The van der Waals surface area contributed by atoms with Crippen molar-refractivity contribution in [2.45, 2.75) is 33.1 Å². The quantitative estimate of drug-likeness (QED) is 0.746. The van der Waals surface area contributed by atoms with Gasteiger partial charge in [-0.15, -0.1) is 0 Å². The van der Waals surface area contributed by atoms with Gasteiger partial charge in [0.15, 0.2) is 0 Å². The van der Waals surface area contributed by atoms with Crippen molar-refractivity contribution in [1.29, 1.82) is 0 Å². The summed E-state index contributed by atoms with van der Waals surface area (Å²) in [6.45, 7) is 8.59. The average Bonchev–Trinajstić information content (AvgIpc) is 3.21. The summed E-state index contributed by atoms with van der Waals surface area (Å²) in [5, 5.41) is 3.21. The van der Waals surface area contributed by atoms with Crippen LogP contribution in [-0.2, 0) is 6.42 Å². The first-order valence-electron chi connectivity index (χ1n) is 10.1. The Morgan fingerprint density at radius 2 is 1.89 bits per heavy atom. The number of hydrogen-bond acceptors (Lipinski definition) is 3. The maximum atomic E-state index is 4.95. The van der Waals surface area contributed by atoms with Gasteiger partial charge >= 0.3 is 0 Å². The van der Waals surface area contributed by atoms with Gasteiger partial charge in [-0.3, -0.25) is 9.88 Å². The number of allylic oxidation sites excluding steroid dienone is 1. The number of rotatable bonds is 8. The van der Waals surface area contributed by atoms with E-state index in [1.54, 1.807) is 0 Å². The molecule has 1 aliphatic rings. The number of aromatic nitrogens is 1. The SMILES string of the molecule is CCNC=CCc1cccc(C(=CCN2CCCC2)c2ccc(C)cc2)n1. The summed E-state index contributed by atoms with van der Waals surface area (Å²) in [7, 11) is 0. The molecule has 1 aromatic carbocycles. The molecule has 3 nitrogen and oxygen atoms in total. The van der Waals surface area contributed by atoms with E-state index in [2.05, 4.69) is 78.7 Å². The Kier molecular flexibility index (Phi) is 7.23. The molecule has 1 saturated heterocycles. The Balaban J connectivity index is 1.85. The Morgan fingerprint density at radius 1 is 1.11 bits per heavy atom. The molecule has 1 fully saturated rings. The Hall–Kier alpha value is -2.39. The highest BCUT2D eigenvalue weighted by Crippen LogP contribution is 2.23. The molecule has 1 N–H and O–H groups in total. The van der Waals surface area contributed by atoms with Gasteiger partial charge in [0.25, 0.3) is 0 Å². The number of nitrogens with one attached hydrogen (secondary N) is 1. The maximum Gasteiger partial charge on any atom is 0.0708 e. The van der Waals surface area contributed by atoms with Crippen molar-refractivity contribution in [2.24, 2.45) is 0 Å². The first-order chi connectivity index (χ1) is 13.3. The van der Waals surface area contributed by atoms with E-state index in [-0.39, 0.29) is 0 Å². The van der Waals surface area contributed by atoms with Gasteiger partial charge in [0.1, 0.15) is 0 Å². The highest BCUT2D eigenvalue weighted by Gasteiger charge is 2.12. The summed E-state index contributed by atoms with van der Waals surface area (Å²) < 4.78 is 0. The van der Waals surface area contributed by atoms with Gasteiger partial charge in [0.05, 0.1) is 5.69 Å². The lowest BCUT2D eigenvalue weighted by Crippen LogP contribution is -2.19. The van der Waals surface area contributed by atoms with Crippen molar-refractivity contribution in [3.8, 4) is 0 Å². The number of hydrogen-bond donors (Lipinski definition) is 1. The summed E-state index contributed by atoms with van der Waals surface area (Å²) >= 11 is 0. The lowest BCUT2D eigenvalue weighted by Gasteiger charge is -2.14. The number of benzene rings is 1. The van der Waals surface area contributed by atoms with Crippen molar-refractivity contribution >= 4 is 5.57 Å². The fourth-order valence-electron chi connectivity index (χ4n) is 3.41. The predicted octanol–water partition coefficient (Wildman–Crippen LogP) is 4.58. The molecule has 2 heterocycles. The Labute approximate surface area is 163 Å². The molecule has 142 valence electrons. The van der Waals surface area contributed by atoms with E-state index in [1.165, 1.54) is 42.6 Å². The van der Waals surface area contributed by atoms with Gasteiger partial charge in [-0.05, 0) is 63.7 Å². The van der Waals surface area contributed by atoms with Crippen molar-refractivity contribution in [1.82, 2.24) is 15.2 Å². The van der Waals surface area contributed by atoms with Gasteiger partial charge in [-0.25, -0.2) is 0 Å². The fourth-order valence-corrected chi connectivity index (χ4v) is 3.41. The molecule has 0 amide bonds. The van der Waals surface area contributed by atoms with E-state index in [0.29, 0.717) is 0 Å². The van der Waals surface area contributed by atoms with E-state index < -0.39 is 0 Å². The normalized spacial score (nSPS) is 15.6. The number of aryl methyl sites for hydroxylation is 1. The largest absolute Gasteiger partial charge is 0.391 e. The molecule has 27 heavy (non-hydrogen) atoms. The lowest BCUT2D eigenvalue weighted by atomic mass is 10.00. The second-order valence-corrected chi connectivity index (χ2v) is 7.17. The molecular weight excluding hydrogens is 330 g/mol. The molecular formula is C24H31N3. The van der Waals surface area contributed by atoms with Gasteiger partial charge in [-0.1, -0.05) is 48.0 Å². The molecule has 3 heteroatoms. The van der Waals surface area contributed by atoms with Crippen molar-refractivity contribution in [3.63, 3.8) is 0 Å². The maximum absolute atomic E-state index is 4.95.